The van der Waals surface area contributed by atoms with Crippen molar-refractivity contribution in [1.82, 2.24) is 4.90 Å². The highest BCUT2D eigenvalue weighted by Gasteiger charge is 2.25. The number of piperidine rings is 1. The topological polar surface area (TPSA) is 32.7 Å². The summed E-state index contributed by atoms with van der Waals surface area (Å²) in [5.74, 6) is 0. The van der Waals surface area contributed by atoms with Crippen molar-refractivity contribution in [3.05, 3.63) is 0 Å². The zero-order valence-corrected chi connectivity index (χ0v) is 9.20. The molecule has 0 saturated carbocycles. The van der Waals surface area contributed by atoms with Crippen molar-refractivity contribution in [3.63, 3.8) is 0 Å². The van der Waals surface area contributed by atoms with Gasteiger partial charge in [0, 0.05) is 13.7 Å². The number of likely N-dealkylation sites (tertiary alicyclic amines) is 1. The summed E-state index contributed by atoms with van der Waals surface area (Å²) in [4.78, 5) is 2.25. The molecular formula is C10H20BNO2. The van der Waals surface area contributed by atoms with Gasteiger partial charge in [-0.25, -0.2) is 0 Å². The van der Waals surface area contributed by atoms with Crippen LogP contribution < -0.4 is 0 Å². The van der Waals surface area contributed by atoms with E-state index in [4.69, 9.17) is 12.6 Å². The van der Waals surface area contributed by atoms with Crippen molar-refractivity contribution >= 4 is 7.85 Å². The first-order chi connectivity index (χ1) is 6.53. The van der Waals surface area contributed by atoms with Gasteiger partial charge in [0.15, 0.2) is 0 Å². The number of methoxy groups -OCH3 is 1. The lowest BCUT2D eigenvalue weighted by molar-refractivity contribution is 0.0309. The summed E-state index contributed by atoms with van der Waals surface area (Å²) in [5.41, 5.74) is 0. The van der Waals surface area contributed by atoms with Gasteiger partial charge < -0.3 is 14.7 Å². The first kappa shape index (κ1) is 12.0. The van der Waals surface area contributed by atoms with Gasteiger partial charge in [-0.2, -0.15) is 0 Å². The van der Waals surface area contributed by atoms with Crippen LogP contribution in [-0.2, 0) is 4.74 Å². The number of β-amino-alcohol motifs (C(OH)–C–C–N with tert-alkyl or cyclic N) is 1. The molecule has 1 fully saturated rings. The van der Waals surface area contributed by atoms with Gasteiger partial charge in [0.05, 0.1) is 20.6 Å². The third-order valence-electron chi connectivity index (χ3n) is 2.83. The molecule has 1 saturated heterocycles. The zero-order valence-electron chi connectivity index (χ0n) is 9.20. The molecule has 0 amide bonds. The first-order valence-corrected chi connectivity index (χ1v) is 5.22. The third kappa shape index (κ3) is 3.99. The molecule has 1 aliphatic heterocycles. The van der Waals surface area contributed by atoms with E-state index in [1.165, 1.54) is 0 Å². The van der Waals surface area contributed by atoms with Gasteiger partial charge in [-0.15, -0.1) is 0 Å². The fourth-order valence-electron chi connectivity index (χ4n) is 1.79. The van der Waals surface area contributed by atoms with Gasteiger partial charge in [-0.05, 0) is 25.9 Å². The maximum Gasteiger partial charge on any atom is 0.0900 e. The van der Waals surface area contributed by atoms with Crippen LogP contribution in [0.5, 0.6) is 0 Å². The lowest BCUT2D eigenvalue weighted by atomic mass is 9.64. The summed E-state index contributed by atoms with van der Waals surface area (Å²) in [6.07, 6.45) is 1.64. The Kier molecular flexibility index (Phi) is 4.42. The normalized spacial score (nSPS) is 24.8. The van der Waals surface area contributed by atoms with E-state index in [1.807, 2.05) is 0 Å². The van der Waals surface area contributed by atoms with E-state index in [2.05, 4.69) is 11.8 Å². The Morgan fingerprint density at radius 3 is 2.57 bits per heavy atom. The minimum Gasteiger partial charge on any atom is -0.389 e. The zero-order chi connectivity index (χ0) is 10.6. The molecule has 1 atom stereocenters. The van der Waals surface area contributed by atoms with Crippen LogP contribution >= 0.6 is 0 Å². The molecule has 14 heavy (non-hydrogen) atoms. The smallest absolute Gasteiger partial charge is 0.0900 e. The highest BCUT2D eigenvalue weighted by atomic mass is 16.5. The molecular weight excluding hydrogens is 177 g/mol. The average Bonchev–Trinajstić information content (AvgIpc) is 2.09. The molecule has 1 rings (SSSR count). The number of hydrogen-bond donors (Lipinski definition) is 1. The Hall–Kier alpha value is -0.0551. The van der Waals surface area contributed by atoms with Crippen LogP contribution in [0.4, 0.5) is 0 Å². The molecule has 80 valence electrons. The molecule has 4 heteroatoms. The second kappa shape index (κ2) is 5.15. The summed E-state index contributed by atoms with van der Waals surface area (Å²) in [6.45, 7) is 5.16. The van der Waals surface area contributed by atoms with Crippen LogP contribution in [0.2, 0.25) is 5.31 Å². The van der Waals surface area contributed by atoms with Gasteiger partial charge in [0.1, 0.15) is 0 Å². The molecule has 0 bridgehead atoms. The third-order valence-corrected chi connectivity index (χ3v) is 2.83. The Morgan fingerprint density at radius 2 is 2.07 bits per heavy atom. The van der Waals surface area contributed by atoms with Crippen molar-refractivity contribution in [2.24, 2.45) is 0 Å². The molecule has 1 unspecified atom stereocenters. The Balaban J connectivity index is 2.22. The molecule has 1 heterocycles. The van der Waals surface area contributed by atoms with E-state index in [0.717, 1.165) is 25.9 Å². The minimum atomic E-state index is -0.373. The lowest BCUT2D eigenvalue weighted by Crippen LogP contribution is -2.41. The molecule has 2 radical (unpaired) electrons. The van der Waals surface area contributed by atoms with Gasteiger partial charge in [-0.1, -0.05) is 12.2 Å². The summed E-state index contributed by atoms with van der Waals surface area (Å²) in [7, 11) is 7.62. The molecule has 0 aromatic heterocycles. The summed E-state index contributed by atoms with van der Waals surface area (Å²) >= 11 is 0. The standard InChI is InChI=1S/C10H20BNO2/c1-10(11)3-5-12(6-4-10)7-9(13)8-14-2/h9,13H,3-8H2,1-2H3. The predicted octanol–water partition coefficient (Wildman–Crippen LogP) is 0.437. The van der Waals surface area contributed by atoms with Crippen LogP contribution in [0.1, 0.15) is 19.8 Å². The largest absolute Gasteiger partial charge is 0.389 e. The molecule has 0 aromatic rings. The summed E-state index contributed by atoms with van der Waals surface area (Å²) in [6, 6.07) is 0. The Morgan fingerprint density at radius 1 is 1.50 bits per heavy atom. The SMILES string of the molecule is [B]C1(C)CCN(CC(O)COC)CC1. The maximum absolute atomic E-state index is 9.53. The summed E-state index contributed by atoms with van der Waals surface area (Å²) < 4.78 is 4.88. The number of aliphatic hydroxyl groups excluding tert-OH is 1. The molecule has 0 spiro atoms. The number of rotatable bonds is 4. The van der Waals surface area contributed by atoms with E-state index >= 15 is 0 Å². The van der Waals surface area contributed by atoms with Gasteiger partial charge in [0.2, 0.25) is 0 Å². The van der Waals surface area contributed by atoms with Gasteiger partial charge in [-0.3, -0.25) is 0 Å². The lowest BCUT2D eigenvalue weighted by Gasteiger charge is -2.38. The van der Waals surface area contributed by atoms with Crippen LogP contribution in [-0.4, -0.2) is 57.3 Å². The quantitative estimate of drug-likeness (QED) is 0.663. The highest BCUT2D eigenvalue weighted by Crippen LogP contribution is 2.33. The number of aliphatic hydroxyl groups is 1. The number of nitrogens with zero attached hydrogens (tertiary/aromatic N) is 1. The first-order valence-electron chi connectivity index (χ1n) is 5.22. The maximum atomic E-state index is 9.53. The molecule has 1 N–H and O–H groups in total. The van der Waals surface area contributed by atoms with Crippen molar-refractivity contribution < 1.29 is 9.84 Å². The van der Waals surface area contributed by atoms with Crippen molar-refractivity contribution in [3.8, 4) is 0 Å². The average molecular weight is 197 g/mol. The minimum absolute atomic E-state index is 0.0112. The van der Waals surface area contributed by atoms with E-state index in [1.54, 1.807) is 7.11 Å². The predicted molar refractivity (Wildman–Crippen MR) is 57.7 cm³/mol. The van der Waals surface area contributed by atoms with E-state index in [9.17, 15) is 5.11 Å². The van der Waals surface area contributed by atoms with E-state index in [-0.39, 0.29) is 11.4 Å². The van der Waals surface area contributed by atoms with Crippen LogP contribution in [0, 0.1) is 0 Å². The molecule has 0 aromatic carbocycles. The second-order valence-electron chi connectivity index (χ2n) is 4.56. The monoisotopic (exact) mass is 197 g/mol. The second-order valence-corrected chi connectivity index (χ2v) is 4.56. The van der Waals surface area contributed by atoms with Crippen LogP contribution in [0.15, 0.2) is 0 Å². The molecule has 3 nitrogen and oxygen atoms in total. The van der Waals surface area contributed by atoms with Crippen molar-refractivity contribution in [1.29, 1.82) is 0 Å². The number of ether oxygens (including phenoxy) is 1. The highest BCUT2D eigenvalue weighted by molar-refractivity contribution is 6.14. The molecule has 1 aliphatic rings. The fourth-order valence-corrected chi connectivity index (χ4v) is 1.79. The van der Waals surface area contributed by atoms with Gasteiger partial charge >= 0.3 is 0 Å². The van der Waals surface area contributed by atoms with Crippen molar-refractivity contribution in [2.75, 3.05) is 33.4 Å². The molecule has 0 aliphatic carbocycles. The van der Waals surface area contributed by atoms with Crippen molar-refractivity contribution in [2.45, 2.75) is 31.2 Å². The Labute approximate surface area is 87.8 Å². The van der Waals surface area contributed by atoms with E-state index in [0.29, 0.717) is 13.2 Å². The number of hydrogen-bond acceptors (Lipinski definition) is 3. The van der Waals surface area contributed by atoms with Crippen LogP contribution in [0.3, 0.4) is 0 Å². The van der Waals surface area contributed by atoms with E-state index < -0.39 is 0 Å². The van der Waals surface area contributed by atoms with Crippen LogP contribution in [0.25, 0.3) is 0 Å². The van der Waals surface area contributed by atoms with Gasteiger partial charge in [0.25, 0.3) is 0 Å². The summed E-state index contributed by atoms with van der Waals surface area (Å²) in [5, 5.41) is 9.52. The Bertz CT molecular complexity index is 166. The fraction of sp³-hybridized carbons (Fsp3) is 1.00.